The molecule has 3 rings (SSSR count). The van der Waals surface area contributed by atoms with Crippen LogP contribution in [0.1, 0.15) is 30.0 Å². The van der Waals surface area contributed by atoms with Crippen molar-refractivity contribution in [2.75, 3.05) is 5.32 Å². The molecule has 0 bridgehead atoms. The second-order valence-electron chi connectivity index (χ2n) is 5.19. The molecule has 2 aromatic carbocycles. The summed E-state index contributed by atoms with van der Waals surface area (Å²) in [4.78, 5) is 0.597. The summed E-state index contributed by atoms with van der Waals surface area (Å²) in [6, 6.07) is 16.1. The van der Waals surface area contributed by atoms with Crippen LogP contribution in [0.4, 0.5) is 14.5 Å². The Morgan fingerprint density at radius 1 is 1.05 bits per heavy atom. The molecule has 4 heteroatoms. The van der Waals surface area contributed by atoms with E-state index in [1.54, 1.807) is 12.1 Å². The van der Waals surface area contributed by atoms with E-state index >= 15 is 0 Å². The number of halogens is 2. The van der Waals surface area contributed by atoms with Crippen LogP contribution in [0.25, 0.3) is 0 Å². The Morgan fingerprint density at radius 3 is 2.57 bits per heavy atom. The smallest absolute Gasteiger partial charge is 0.288 e. The van der Waals surface area contributed by atoms with E-state index in [1.807, 2.05) is 12.1 Å². The van der Waals surface area contributed by atoms with Crippen molar-refractivity contribution in [1.82, 2.24) is 0 Å². The molecule has 1 atom stereocenters. The molecule has 0 spiro atoms. The second kappa shape index (κ2) is 6.48. The first-order chi connectivity index (χ1) is 10.2. The van der Waals surface area contributed by atoms with E-state index in [0.717, 1.165) is 18.5 Å². The fourth-order valence-corrected chi connectivity index (χ4v) is 3.34. The predicted octanol–water partition coefficient (Wildman–Crippen LogP) is 5.49. The first kappa shape index (κ1) is 14.4. The van der Waals surface area contributed by atoms with Crippen molar-refractivity contribution in [2.45, 2.75) is 36.0 Å². The molecule has 0 aromatic heterocycles. The maximum atomic E-state index is 12.3. The van der Waals surface area contributed by atoms with E-state index in [-0.39, 0.29) is 0 Å². The number of benzene rings is 2. The number of hydrogen-bond donors (Lipinski definition) is 1. The van der Waals surface area contributed by atoms with Crippen LogP contribution in [0.2, 0.25) is 0 Å². The van der Waals surface area contributed by atoms with Gasteiger partial charge in [0.15, 0.2) is 0 Å². The second-order valence-corrected chi connectivity index (χ2v) is 6.25. The Morgan fingerprint density at radius 2 is 1.81 bits per heavy atom. The van der Waals surface area contributed by atoms with Crippen molar-refractivity contribution < 1.29 is 8.78 Å². The molecule has 1 nitrogen and oxygen atoms in total. The molecule has 0 saturated heterocycles. The fourth-order valence-electron chi connectivity index (χ4n) is 2.84. The monoisotopic (exact) mass is 305 g/mol. The Labute approximate surface area is 127 Å². The zero-order chi connectivity index (χ0) is 14.7. The summed E-state index contributed by atoms with van der Waals surface area (Å²) in [5, 5.41) is 3.52. The predicted molar refractivity (Wildman–Crippen MR) is 84.0 cm³/mol. The highest BCUT2D eigenvalue weighted by Gasteiger charge is 2.19. The van der Waals surface area contributed by atoms with Crippen molar-refractivity contribution in [1.29, 1.82) is 0 Å². The molecular formula is C17H17F2NS. The van der Waals surface area contributed by atoms with Crippen molar-refractivity contribution in [3.8, 4) is 0 Å². The molecular weight excluding hydrogens is 288 g/mol. The molecule has 110 valence electrons. The average Bonchev–Trinajstić information content (AvgIpc) is 2.49. The third-order valence-corrected chi connectivity index (χ3v) is 4.51. The van der Waals surface area contributed by atoms with Gasteiger partial charge in [-0.2, -0.15) is 8.78 Å². The molecule has 1 aliphatic rings. The molecule has 1 N–H and O–H groups in total. The molecule has 1 aliphatic carbocycles. The quantitative estimate of drug-likeness (QED) is 0.749. The lowest BCUT2D eigenvalue weighted by Crippen LogP contribution is -2.17. The lowest BCUT2D eigenvalue weighted by Gasteiger charge is -2.27. The van der Waals surface area contributed by atoms with Crippen LogP contribution in [0.3, 0.4) is 0 Å². The molecule has 0 radical (unpaired) electrons. The van der Waals surface area contributed by atoms with Gasteiger partial charge in [0.25, 0.3) is 5.76 Å². The van der Waals surface area contributed by atoms with Crippen LogP contribution in [0, 0.1) is 0 Å². The van der Waals surface area contributed by atoms with Gasteiger partial charge < -0.3 is 5.32 Å². The van der Waals surface area contributed by atoms with Gasteiger partial charge in [0, 0.05) is 10.6 Å². The molecule has 0 saturated carbocycles. The highest BCUT2D eigenvalue weighted by molar-refractivity contribution is 7.99. The number of thioether (sulfide) groups is 1. The number of aryl methyl sites for hydroxylation is 1. The zero-order valence-electron chi connectivity index (χ0n) is 11.6. The SMILES string of the molecule is FC(F)Sc1ccc(NC2CCCc3ccccc32)cc1. The molecule has 0 amide bonds. The minimum absolute atomic E-state index is 0.309. The van der Waals surface area contributed by atoms with Gasteiger partial charge in [0.05, 0.1) is 6.04 Å². The standard InChI is InChI=1S/C17H17F2NS/c18-17(19)21-14-10-8-13(9-11-14)20-16-7-3-5-12-4-1-2-6-15(12)16/h1-2,4,6,8-11,16-17,20H,3,5,7H2. The topological polar surface area (TPSA) is 12.0 Å². The van der Waals surface area contributed by atoms with Gasteiger partial charge in [-0.1, -0.05) is 36.0 Å². The normalized spacial score (nSPS) is 17.6. The van der Waals surface area contributed by atoms with Crippen molar-refractivity contribution >= 4 is 17.4 Å². The Hall–Kier alpha value is -1.55. The zero-order valence-corrected chi connectivity index (χ0v) is 12.4. The summed E-state index contributed by atoms with van der Waals surface area (Å²) in [6.07, 6.45) is 3.41. The Balaban J connectivity index is 1.73. The van der Waals surface area contributed by atoms with Crippen molar-refractivity contribution in [3.05, 3.63) is 59.7 Å². The van der Waals surface area contributed by atoms with Crippen LogP contribution in [0.5, 0.6) is 0 Å². The van der Waals surface area contributed by atoms with E-state index in [4.69, 9.17) is 0 Å². The molecule has 2 aromatic rings. The molecule has 0 aliphatic heterocycles. The van der Waals surface area contributed by atoms with Crippen molar-refractivity contribution in [3.63, 3.8) is 0 Å². The maximum absolute atomic E-state index is 12.3. The highest BCUT2D eigenvalue weighted by Crippen LogP contribution is 2.33. The largest absolute Gasteiger partial charge is 0.378 e. The van der Waals surface area contributed by atoms with Gasteiger partial charge in [0.2, 0.25) is 0 Å². The molecule has 1 unspecified atom stereocenters. The molecule has 0 heterocycles. The summed E-state index contributed by atoms with van der Waals surface area (Å²) in [7, 11) is 0. The molecule has 0 fully saturated rings. The third-order valence-electron chi connectivity index (χ3n) is 3.79. The summed E-state index contributed by atoms with van der Waals surface area (Å²) in [5.41, 5.74) is 3.75. The number of anilines is 1. The maximum Gasteiger partial charge on any atom is 0.288 e. The number of rotatable bonds is 4. The Bertz CT molecular complexity index is 598. The number of fused-ring (bicyclic) bond motifs is 1. The van der Waals surface area contributed by atoms with E-state index in [1.165, 1.54) is 17.5 Å². The van der Waals surface area contributed by atoms with Crippen molar-refractivity contribution in [2.24, 2.45) is 0 Å². The summed E-state index contributed by atoms with van der Waals surface area (Å²) < 4.78 is 24.6. The summed E-state index contributed by atoms with van der Waals surface area (Å²) >= 11 is 0.581. The van der Waals surface area contributed by atoms with Crippen LogP contribution in [0.15, 0.2) is 53.4 Å². The first-order valence-corrected chi connectivity index (χ1v) is 7.99. The van der Waals surface area contributed by atoms with Crippen LogP contribution >= 0.6 is 11.8 Å². The summed E-state index contributed by atoms with van der Waals surface area (Å²) in [5.74, 6) is -2.37. The van der Waals surface area contributed by atoms with Gasteiger partial charge in [-0.25, -0.2) is 0 Å². The van der Waals surface area contributed by atoms with E-state index in [2.05, 4.69) is 29.6 Å². The van der Waals surface area contributed by atoms with E-state index in [9.17, 15) is 8.78 Å². The summed E-state index contributed by atoms with van der Waals surface area (Å²) in [6.45, 7) is 0. The lowest BCUT2D eigenvalue weighted by molar-refractivity contribution is 0.252. The third kappa shape index (κ3) is 3.56. The fraction of sp³-hybridized carbons (Fsp3) is 0.294. The van der Waals surface area contributed by atoms with Crippen LogP contribution < -0.4 is 5.32 Å². The Kier molecular flexibility index (Phi) is 4.44. The highest BCUT2D eigenvalue weighted by atomic mass is 32.2. The van der Waals surface area contributed by atoms with Gasteiger partial charge in [-0.3, -0.25) is 0 Å². The molecule has 21 heavy (non-hydrogen) atoms. The average molecular weight is 305 g/mol. The van der Waals surface area contributed by atoms with Gasteiger partial charge in [-0.15, -0.1) is 0 Å². The number of nitrogens with one attached hydrogen (secondary N) is 1. The number of alkyl halides is 2. The van der Waals surface area contributed by atoms with Gasteiger partial charge >= 0.3 is 0 Å². The van der Waals surface area contributed by atoms with Gasteiger partial charge in [-0.05, 0) is 54.7 Å². The first-order valence-electron chi connectivity index (χ1n) is 7.11. The lowest BCUT2D eigenvalue weighted by atomic mass is 9.87. The van der Waals surface area contributed by atoms with Crippen LogP contribution in [-0.4, -0.2) is 5.76 Å². The van der Waals surface area contributed by atoms with Crippen LogP contribution in [-0.2, 0) is 6.42 Å². The number of hydrogen-bond acceptors (Lipinski definition) is 2. The minimum atomic E-state index is -2.37. The van der Waals surface area contributed by atoms with E-state index in [0.29, 0.717) is 22.7 Å². The van der Waals surface area contributed by atoms with E-state index < -0.39 is 5.76 Å². The minimum Gasteiger partial charge on any atom is -0.378 e. The van der Waals surface area contributed by atoms with Gasteiger partial charge in [0.1, 0.15) is 0 Å².